The maximum absolute atomic E-state index is 14.5. The highest BCUT2D eigenvalue weighted by molar-refractivity contribution is 5.91. The van der Waals surface area contributed by atoms with Crippen molar-refractivity contribution < 1.29 is 27.4 Å². The van der Waals surface area contributed by atoms with E-state index in [1.165, 1.54) is 33.2 Å². The largest absolute Gasteiger partial charge is 0.493 e. The summed E-state index contributed by atoms with van der Waals surface area (Å²) in [4.78, 5) is 8.46. The summed E-state index contributed by atoms with van der Waals surface area (Å²) in [5, 5.41) is 14.5. The van der Waals surface area contributed by atoms with E-state index in [-0.39, 0.29) is 11.3 Å². The van der Waals surface area contributed by atoms with Crippen LogP contribution in [0, 0.1) is 12.7 Å². The first-order chi connectivity index (χ1) is 14.9. The van der Waals surface area contributed by atoms with Gasteiger partial charge in [-0.05, 0) is 42.5 Å². The number of hydrogen-bond acceptors (Lipinski definition) is 5. The zero-order chi connectivity index (χ0) is 23.5. The first-order valence-corrected chi connectivity index (χ1v) is 10.0. The summed E-state index contributed by atoms with van der Waals surface area (Å²) < 4.78 is 62.7. The fourth-order valence-corrected chi connectivity index (χ4v) is 4.72. The maximum Gasteiger partial charge on any atom is 0.419 e. The van der Waals surface area contributed by atoms with Crippen molar-refractivity contribution in [1.29, 1.82) is 0 Å². The Morgan fingerprint density at radius 1 is 1.19 bits per heavy atom. The minimum Gasteiger partial charge on any atom is -0.493 e. The Bertz CT molecular complexity index is 1200. The lowest BCUT2D eigenvalue weighted by atomic mass is 9.63. The number of ether oxygens (including phenoxy) is 1. The second kappa shape index (κ2) is 7.30. The third kappa shape index (κ3) is 3.35. The van der Waals surface area contributed by atoms with E-state index in [4.69, 9.17) is 4.74 Å². The summed E-state index contributed by atoms with van der Waals surface area (Å²) in [6.07, 6.45) is -4.13. The van der Waals surface area contributed by atoms with Crippen molar-refractivity contribution in [3.63, 3.8) is 0 Å². The van der Waals surface area contributed by atoms with Gasteiger partial charge >= 0.3 is 6.18 Å². The highest BCUT2D eigenvalue weighted by atomic mass is 19.4. The smallest absolute Gasteiger partial charge is 0.419 e. The maximum atomic E-state index is 14.5. The Labute approximate surface area is 182 Å². The predicted molar refractivity (Wildman–Crippen MR) is 112 cm³/mol. The quantitative estimate of drug-likeness (QED) is 0.537. The predicted octanol–water partition coefficient (Wildman–Crippen LogP) is 5.21. The van der Waals surface area contributed by atoms with Crippen LogP contribution in [0.3, 0.4) is 0 Å². The van der Waals surface area contributed by atoms with E-state index in [9.17, 15) is 22.7 Å². The number of hydrogen-bond donors (Lipinski definition) is 2. The number of aromatic nitrogens is 2. The van der Waals surface area contributed by atoms with Crippen LogP contribution in [-0.2, 0) is 5.41 Å². The number of benzene rings is 2. The number of nitrogens with zero attached hydrogens (tertiary/aromatic N) is 2. The lowest BCUT2D eigenvalue weighted by Gasteiger charge is -2.49. The molecular weight excluding hydrogens is 426 g/mol. The topological polar surface area (TPSA) is 67.3 Å². The Morgan fingerprint density at radius 2 is 1.91 bits per heavy atom. The van der Waals surface area contributed by atoms with E-state index >= 15 is 0 Å². The molecule has 0 aliphatic heterocycles. The van der Waals surface area contributed by atoms with Gasteiger partial charge in [-0.3, -0.25) is 0 Å². The molecule has 2 aromatic carbocycles. The van der Waals surface area contributed by atoms with Crippen molar-refractivity contribution in [1.82, 2.24) is 9.97 Å². The van der Waals surface area contributed by atoms with Crippen LogP contribution in [0.5, 0.6) is 5.75 Å². The average molecular weight is 449 g/mol. The van der Waals surface area contributed by atoms with Gasteiger partial charge in [-0.2, -0.15) is 13.2 Å². The molecule has 5 nitrogen and oxygen atoms in total. The molecule has 0 bridgehead atoms. The minimum absolute atomic E-state index is 0.115. The van der Waals surface area contributed by atoms with E-state index in [1.54, 1.807) is 25.1 Å². The van der Waals surface area contributed by atoms with Crippen LogP contribution in [0.4, 0.5) is 23.2 Å². The van der Waals surface area contributed by atoms with Crippen molar-refractivity contribution in [3.05, 3.63) is 59.3 Å². The molecular formula is C23H23F4N3O2. The van der Waals surface area contributed by atoms with Crippen LogP contribution < -0.4 is 10.1 Å². The molecule has 0 fully saturated rings. The minimum atomic E-state index is -4.96. The van der Waals surface area contributed by atoms with Gasteiger partial charge < -0.3 is 15.2 Å². The van der Waals surface area contributed by atoms with Crippen LogP contribution in [0.15, 0.2) is 36.5 Å². The first kappa shape index (κ1) is 22.3. The van der Waals surface area contributed by atoms with Gasteiger partial charge in [0.1, 0.15) is 5.82 Å². The van der Waals surface area contributed by atoms with Gasteiger partial charge in [-0.15, -0.1) is 0 Å². The summed E-state index contributed by atoms with van der Waals surface area (Å²) in [5.74, 6) is -0.281. The van der Waals surface area contributed by atoms with Crippen molar-refractivity contribution in [3.8, 4) is 5.75 Å². The number of rotatable bonds is 3. The summed E-state index contributed by atoms with van der Waals surface area (Å²) in [6.45, 7) is 4.78. The molecule has 1 aromatic heterocycles. The van der Waals surface area contributed by atoms with Crippen LogP contribution in [0.25, 0.3) is 10.9 Å². The molecule has 2 atom stereocenters. The third-order valence-corrected chi connectivity index (χ3v) is 6.06. The summed E-state index contributed by atoms with van der Waals surface area (Å²) >= 11 is 0. The Hall–Kier alpha value is -2.94. The summed E-state index contributed by atoms with van der Waals surface area (Å²) in [7, 11) is 1.27. The molecule has 0 saturated heterocycles. The van der Waals surface area contributed by atoms with Gasteiger partial charge in [0.25, 0.3) is 0 Å². The van der Waals surface area contributed by atoms with Gasteiger partial charge in [0.2, 0.25) is 0 Å². The van der Waals surface area contributed by atoms with Gasteiger partial charge in [0.15, 0.2) is 17.2 Å². The van der Waals surface area contributed by atoms with E-state index in [0.717, 1.165) is 6.07 Å². The zero-order valence-corrected chi connectivity index (χ0v) is 18.0. The molecule has 1 heterocycles. The highest BCUT2D eigenvalue weighted by Crippen LogP contribution is 2.56. The van der Waals surface area contributed by atoms with Crippen LogP contribution in [0.1, 0.15) is 43.3 Å². The molecule has 170 valence electrons. The lowest BCUT2D eigenvalue weighted by Crippen LogP contribution is -2.58. The lowest BCUT2D eigenvalue weighted by molar-refractivity contribution is -0.275. The number of alkyl halides is 3. The number of halogens is 4. The van der Waals surface area contributed by atoms with Gasteiger partial charge in [0.05, 0.1) is 18.7 Å². The monoisotopic (exact) mass is 449 g/mol. The van der Waals surface area contributed by atoms with Crippen molar-refractivity contribution in [2.24, 2.45) is 0 Å². The van der Waals surface area contributed by atoms with E-state index in [2.05, 4.69) is 15.3 Å². The number of aryl methyl sites for hydroxylation is 1. The van der Waals surface area contributed by atoms with Gasteiger partial charge in [0, 0.05) is 22.8 Å². The normalized spacial score (nSPS) is 22.5. The molecule has 0 spiro atoms. The molecule has 4 rings (SSSR count). The molecule has 0 amide bonds. The Kier molecular flexibility index (Phi) is 5.08. The van der Waals surface area contributed by atoms with Gasteiger partial charge in [-0.25, -0.2) is 14.4 Å². The van der Waals surface area contributed by atoms with Crippen molar-refractivity contribution in [2.75, 3.05) is 12.4 Å². The fraction of sp³-hybridized carbons (Fsp3) is 0.391. The zero-order valence-electron chi connectivity index (χ0n) is 18.0. The molecule has 0 radical (unpaired) electrons. The number of nitrogens with one attached hydrogen (secondary N) is 1. The first-order valence-electron chi connectivity index (χ1n) is 10.0. The van der Waals surface area contributed by atoms with Crippen LogP contribution in [-0.4, -0.2) is 34.0 Å². The second-order valence-corrected chi connectivity index (χ2v) is 8.76. The van der Waals surface area contributed by atoms with Crippen LogP contribution >= 0.6 is 0 Å². The number of aliphatic hydroxyl groups is 1. The van der Waals surface area contributed by atoms with Crippen molar-refractivity contribution >= 4 is 16.6 Å². The molecule has 1 aliphatic carbocycles. The molecule has 32 heavy (non-hydrogen) atoms. The second-order valence-electron chi connectivity index (χ2n) is 8.76. The SMILES string of the molecule is COc1c(F)ccc2c1C(C)(C)C[C@](O)(C(F)(F)F)[C@H]2Nc1cccc2nc(C)ncc12. The standard InChI is InChI=1S/C23H23F4N3O2/c1-12-28-10-14-16(29-12)6-5-7-17(14)30-20-13-8-9-15(24)19(32-4)18(13)21(2,3)11-22(20,31)23(25,26)27/h5-10,20,30-31H,11H2,1-4H3/t20-,22+/m0/s1. The Balaban J connectivity index is 1.97. The van der Waals surface area contributed by atoms with E-state index in [1.807, 2.05) is 0 Å². The number of methoxy groups -OCH3 is 1. The fourth-order valence-electron chi connectivity index (χ4n) is 4.72. The molecule has 3 aromatic rings. The Morgan fingerprint density at radius 3 is 2.56 bits per heavy atom. The third-order valence-electron chi connectivity index (χ3n) is 6.06. The summed E-state index contributed by atoms with van der Waals surface area (Å²) in [5.41, 5.74) is -3.07. The molecule has 9 heteroatoms. The van der Waals surface area contributed by atoms with E-state index < -0.39 is 35.5 Å². The highest BCUT2D eigenvalue weighted by Gasteiger charge is 2.64. The molecule has 1 aliphatic rings. The average Bonchev–Trinajstić information content (AvgIpc) is 2.69. The molecule has 2 N–H and O–H groups in total. The number of anilines is 1. The van der Waals surface area contributed by atoms with Crippen molar-refractivity contribution in [2.45, 2.75) is 50.4 Å². The molecule has 0 saturated carbocycles. The molecule has 0 unspecified atom stereocenters. The number of fused-ring (bicyclic) bond motifs is 2. The van der Waals surface area contributed by atoms with Crippen LogP contribution in [0.2, 0.25) is 0 Å². The van der Waals surface area contributed by atoms with Gasteiger partial charge in [-0.1, -0.05) is 26.0 Å². The summed E-state index contributed by atoms with van der Waals surface area (Å²) in [6, 6.07) is 5.68. The van der Waals surface area contributed by atoms with E-state index in [0.29, 0.717) is 28.0 Å².